The van der Waals surface area contributed by atoms with Gasteiger partial charge in [-0.15, -0.1) is 5.10 Å². The average molecular weight is 309 g/mol. The van der Waals surface area contributed by atoms with Crippen molar-refractivity contribution in [2.45, 2.75) is 31.1 Å². The van der Waals surface area contributed by atoms with Crippen LogP contribution >= 0.6 is 11.6 Å². The summed E-state index contributed by atoms with van der Waals surface area (Å²) in [5, 5.41) is 8.89. The predicted molar refractivity (Wildman–Crippen MR) is 77.1 cm³/mol. The van der Waals surface area contributed by atoms with Crippen molar-refractivity contribution in [1.82, 2.24) is 20.0 Å². The largest absolute Gasteiger partial charge is 0.353 e. The zero-order chi connectivity index (χ0) is 14.9. The Balaban J connectivity index is 1.63. The lowest BCUT2D eigenvalue weighted by atomic mass is 9.77. The van der Waals surface area contributed by atoms with E-state index in [-0.39, 0.29) is 0 Å². The summed E-state index contributed by atoms with van der Waals surface area (Å²) in [5.41, 5.74) is 2.01. The van der Waals surface area contributed by atoms with Gasteiger partial charge in [0.25, 0.3) is 0 Å². The van der Waals surface area contributed by atoms with Gasteiger partial charge in [0.2, 0.25) is 0 Å². The van der Waals surface area contributed by atoms with Crippen molar-refractivity contribution >= 4 is 11.6 Å². The molecule has 0 aromatic carbocycles. The van der Waals surface area contributed by atoms with Gasteiger partial charge in [-0.1, -0.05) is 22.9 Å². The molecule has 2 aromatic heterocycles. The Morgan fingerprint density at radius 3 is 2.71 bits per heavy atom. The number of halogens is 1. The maximum atomic E-state index is 5.77. The van der Waals surface area contributed by atoms with Crippen LogP contribution in [0, 0.1) is 0 Å². The number of pyridine rings is 1. The van der Waals surface area contributed by atoms with Crippen molar-refractivity contribution in [3.63, 3.8) is 0 Å². The molecular weight excluding hydrogens is 292 g/mol. The number of aromatic nitrogens is 4. The molecule has 2 aromatic rings. The number of nitrogens with zero attached hydrogens (tertiary/aromatic N) is 4. The van der Waals surface area contributed by atoms with Gasteiger partial charge in [0.15, 0.2) is 5.79 Å². The zero-order valence-electron chi connectivity index (χ0n) is 12.0. The van der Waals surface area contributed by atoms with Crippen molar-refractivity contribution in [3.05, 3.63) is 40.9 Å². The molecule has 7 heteroatoms. The molecule has 0 unspecified atom stereocenters. The monoisotopic (exact) mass is 308 g/mol. The molecule has 0 atom stereocenters. The third-order valence-electron chi connectivity index (χ3n) is 3.97. The number of ether oxygens (including phenoxy) is 2. The third-order valence-corrected chi connectivity index (χ3v) is 4.19. The van der Waals surface area contributed by atoms with E-state index in [1.807, 2.05) is 12.3 Å². The smallest absolute Gasteiger partial charge is 0.168 e. The summed E-state index contributed by atoms with van der Waals surface area (Å²) in [6, 6.07) is 3.70. The molecule has 1 fully saturated rings. The van der Waals surface area contributed by atoms with Crippen molar-refractivity contribution in [1.29, 1.82) is 0 Å². The SMILES string of the molecule is COC1(OC)CC(c2cn(Cc3ccc(Cl)nc3)nn2)C1. The van der Waals surface area contributed by atoms with Crippen LogP contribution in [-0.2, 0) is 16.0 Å². The molecule has 0 N–H and O–H groups in total. The summed E-state index contributed by atoms with van der Waals surface area (Å²) < 4.78 is 12.6. The molecule has 0 spiro atoms. The highest BCUT2D eigenvalue weighted by molar-refractivity contribution is 6.29. The van der Waals surface area contributed by atoms with Gasteiger partial charge in [-0.05, 0) is 11.6 Å². The summed E-state index contributed by atoms with van der Waals surface area (Å²) in [5.74, 6) is -0.115. The summed E-state index contributed by atoms with van der Waals surface area (Å²) in [6.07, 6.45) is 5.32. The van der Waals surface area contributed by atoms with Crippen LogP contribution in [0.3, 0.4) is 0 Å². The fraction of sp³-hybridized carbons (Fsp3) is 0.500. The van der Waals surface area contributed by atoms with Crippen LogP contribution in [0.4, 0.5) is 0 Å². The highest BCUT2D eigenvalue weighted by Crippen LogP contribution is 2.46. The minimum atomic E-state index is -0.450. The molecule has 112 valence electrons. The highest BCUT2D eigenvalue weighted by Gasteiger charge is 2.46. The molecule has 0 radical (unpaired) electrons. The topological polar surface area (TPSA) is 62.1 Å². The maximum absolute atomic E-state index is 5.77. The minimum Gasteiger partial charge on any atom is -0.353 e. The van der Waals surface area contributed by atoms with Gasteiger partial charge in [0.1, 0.15) is 5.15 Å². The fourth-order valence-electron chi connectivity index (χ4n) is 2.58. The van der Waals surface area contributed by atoms with Gasteiger partial charge in [-0.2, -0.15) is 0 Å². The van der Waals surface area contributed by atoms with Gasteiger partial charge in [-0.25, -0.2) is 9.67 Å². The number of methoxy groups -OCH3 is 2. The molecule has 1 aliphatic carbocycles. The quantitative estimate of drug-likeness (QED) is 0.626. The van der Waals surface area contributed by atoms with Gasteiger partial charge < -0.3 is 9.47 Å². The number of hydrogen-bond acceptors (Lipinski definition) is 5. The van der Waals surface area contributed by atoms with E-state index in [0.717, 1.165) is 24.1 Å². The summed E-state index contributed by atoms with van der Waals surface area (Å²) >= 11 is 5.77. The lowest BCUT2D eigenvalue weighted by molar-refractivity contribution is -0.258. The highest BCUT2D eigenvalue weighted by atomic mass is 35.5. The second-order valence-corrected chi connectivity index (χ2v) is 5.64. The van der Waals surface area contributed by atoms with Crippen LogP contribution < -0.4 is 0 Å². The molecule has 6 nitrogen and oxygen atoms in total. The first kappa shape index (κ1) is 14.4. The zero-order valence-corrected chi connectivity index (χ0v) is 12.7. The van der Waals surface area contributed by atoms with Crippen LogP contribution in [0.1, 0.15) is 30.0 Å². The molecule has 0 amide bonds. The fourth-order valence-corrected chi connectivity index (χ4v) is 2.69. The minimum absolute atomic E-state index is 0.335. The van der Waals surface area contributed by atoms with E-state index in [1.54, 1.807) is 31.2 Å². The second kappa shape index (κ2) is 5.71. The lowest BCUT2D eigenvalue weighted by Crippen LogP contribution is -2.46. The number of rotatable bonds is 5. The van der Waals surface area contributed by atoms with Crippen molar-refractivity contribution in [2.75, 3.05) is 14.2 Å². The van der Waals surface area contributed by atoms with E-state index >= 15 is 0 Å². The number of hydrogen-bond donors (Lipinski definition) is 0. The first-order valence-electron chi connectivity index (χ1n) is 6.75. The van der Waals surface area contributed by atoms with E-state index in [0.29, 0.717) is 17.6 Å². The standard InChI is InChI=1S/C14H17ClN4O2/c1-20-14(21-2)5-11(6-14)12-9-19(18-17-12)8-10-3-4-13(15)16-7-10/h3-4,7,9,11H,5-6,8H2,1-2H3. The summed E-state index contributed by atoms with van der Waals surface area (Å²) in [6.45, 7) is 0.629. The Morgan fingerprint density at radius 2 is 2.10 bits per heavy atom. The second-order valence-electron chi connectivity index (χ2n) is 5.25. The molecular formula is C14H17ClN4O2. The molecule has 0 saturated heterocycles. The van der Waals surface area contributed by atoms with Crippen LogP contribution in [0.2, 0.25) is 5.15 Å². The van der Waals surface area contributed by atoms with Crippen LogP contribution in [0.5, 0.6) is 0 Å². The van der Waals surface area contributed by atoms with Crippen LogP contribution in [-0.4, -0.2) is 40.0 Å². The molecule has 1 saturated carbocycles. The van der Waals surface area contributed by atoms with Gasteiger partial charge in [0, 0.05) is 45.4 Å². The van der Waals surface area contributed by atoms with Crippen molar-refractivity contribution in [3.8, 4) is 0 Å². The van der Waals surface area contributed by atoms with E-state index < -0.39 is 5.79 Å². The Bertz CT molecular complexity index is 602. The molecule has 21 heavy (non-hydrogen) atoms. The molecule has 3 rings (SSSR count). The van der Waals surface area contributed by atoms with Crippen LogP contribution in [0.25, 0.3) is 0 Å². The van der Waals surface area contributed by atoms with E-state index in [9.17, 15) is 0 Å². The average Bonchev–Trinajstić information content (AvgIpc) is 2.90. The van der Waals surface area contributed by atoms with E-state index in [4.69, 9.17) is 21.1 Å². The van der Waals surface area contributed by atoms with Gasteiger partial charge >= 0.3 is 0 Å². The Morgan fingerprint density at radius 1 is 1.33 bits per heavy atom. The van der Waals surface area contributed by atoms with Crippen LogP contribution in [0.15, 0.2) is 24.5 Å². The molecule has 2 heterocycles. The van der Waals surface area contributed by atoms with Gasteiger partial charge in [-0.3, -0.25) is 0 Å². The van der Waals surface area contributed by atoms with E-state index in [1.165, 1.54) is 0 Å². The Labute approximate surface area is 128 Å². The Kier molecular flexibility index (Phi) is 3.93. The van der Waals surface area contributed by atoms with Gasteiger partial charge in [0.05, 0.1) is 12.2 Å². The summed E-state index contributed by atoms with van der Waals surface area (Å²) in [7, 11) is 3.34. The molecule has 0 bridgehead atoms. The molecule has 1 aliphatic rings. The predicted octanol–water partition coefficient (Wildman–Crippen LogP) is 2.24. The van der Waals surface area contributed by atoms with E-state index in [2.05, 4.69) is 15.3 Å². The lowest BCUT2D eigenvalue weighted by Gasteiger charge is -2.44. The summed E-state index contributed by atoms with van der Waals surface area (Å²) in [4.78, 5) is 4.06. The Hall–Kier alpha value is -1.50. The van der Waals surface area contributed by atoms with Crippen molar-refractivity contribution in [2.24, 2.45) is 0 Å². The maximum Gasteiger partial charge on any atom is 0.168 e. The molecule has 0 aliphatic heterocycles. The van der Waals surface area contributed by atoms with Crippen molar-refractivity contribution < 1.29 is 9.47 Å². The normalized spacial score (nSPS) is 17.7. The third kappa shape index (κ3) is 2.92. The first-order chi connectivity index (χ1) is 10.1. The first-order valence-corrected chi connectivity index (χ1v) is 7.13.